The van der Waals surface area contributed by atoms with Crippen molar-refractivity contribution in [3.63, 3.8) is 0 Å². The van der Waals surface area contributed by atoms with E-state index >= 15 is 0 Å². The molecule has 2 N–H and O–H groups in total. The number of esters is 1. The third kappa shape index (κ3) is 7.65. The van der Waals surface area contributed by atoms with Crippen LogP contribution in [0.5, 0.6) is 0 Å². The molecule has 0 spiro atoms. The van der Waals surface area contributed by atoms with Crippen molar-refractivity contribution in [1.29, 1.82) is 0 Å². The highest BCUT2D eigenvalue weighted by atomic mass is 32.1. The van der Waals surface area contributed by atoms with Gasteiger partial charge in [0.1, 0.15) is 12.3 Å². The van der Waals surface area contributed by atoms with Crippen LogP contribution >= 0.6 is 12.2 Å². The molecule has 1 heterocycles. The predicted octanol–water partition coefficient (Wildman–Crippen LogP) is 5.66. The molecule has 0 unspecified atom stereocenters. The lowest BCUT2D eigenvalue weighted by Crippen LogP contribution is -2.58. The molecule has 40 heavy (non-hydrogen) atoms. The number of nitrogens with one attached hydrogen (secondary N) is 2. The number of alkyl carbamates (subject to hydrolysis) is 1. The number of aromatic nitrogens is 3. The lowest BCUT2D eigenvalue weighted by atomic mass is 9.75. The van der Waals surface area contributed by atoms with E-state index in [2.05, 4.69) is 20.8 Å². The van der Waals surface area contributed by atoms with Crippen LogP contribution in [0.1, 0.15) is 71.0 Å². The van der Waals surface area contributed by atoms with Crippen molar-refractivity contribution in [3.05, 3.63) is 71.9 Å². The molecule has 0 saturated heterocycles. The largest absolute Gasteiger partial charge is 0.461 e. The Labute approximate surface area is 240 Å². The average molecular weight is 564 g/mol. The molecule has 0 radical (unpaired) electrons. The third-order valence-corrected chi connectivity index (χ3v) is 6.50. The van der Waals surface area contributed by atoms with Gasteiger partial charge in [0.15, 0.2) is 10.7 Å². The molecule has 1 aromatic heterocycles. The van der Waals surface area contributed by atoms with Gasteiger partial charge in [-0.25, -0.2) is 9.59 Å². The van der Waals surface area contributed by atoms with Crippen LogP contribution in [0, 0.1) is 5.41 Å². The Kier molecular flexibility index (Phi) is 8.88. The fourth-order valence-corrected chi connectivity index (χ4v) is 4.72. The summed E-state index contributed by atoms with van der Waals surface area (Å²) in [5, 5.41) is 14.6. The van der Waals surface area contributed by atoms with E-state index in [0.29, 0.717) is 18.0 Å². The summed E-state index contributed by atoms with van der Waals surface area (Å²) < 4.78 is 11.1. The van der Waals surface area contributed by atoms with Gasteiger partial charge in [0.2, 0.25) is 0 Å². The van der Waals surface area contributed by atoms with Gasteiger partial charge < -0.3 is 14.8 Å². The Balaban J connectivity index is 1.59. The molecule has 3 aromatic rings. The van der Waals surface area contributed by atoms with Gasteiger partial charge in [0, 0.05) is 5.56 Å². The van der Waals surface area contributed by atoms with Crippen molar-refractivity contribution in [1.82, 2.24) is 25.6 Å². The summed E-state index contributed by atoms with van der Waals surface area (Å²) in [6.45, 7) is 9.77. The van der Waals surface area contributed by atoms with Gasteiger partial charge in [-0.1, -0.05) is 75.4 Å². The molecule has 1 amide bonds. The molecule has 1 saturated carbocycles. The maximum atomic E-state index is 13.8. The van der Waals surface area contributed by atoms with Crippen molar-refractivity contribution in [2.45, 2.75) is 78.2 Å². The number of benzene rings is 2. The number of thiocarbonyl (C=S) groups is 1. The molecule has 4 rings (SSSR count). The number of ether oxygens (including phenoxy) is 2. The maximum Gasteiger partial charge on any atom is 0.413 e. The number of nitrogens with zero attached hydrogens (tertiary/aromatic N) is 3. The quantitative estimate of drug-likeness (QED) is 0.254. The first-order chi connectivity index (χ1) is 18.9. The van der Waals surface area contributed by atoms with E-state index in [1.165, 1.54) is 0 Å². The van der Waals surface area contributed by atoms with Gasteiger partial charge in [-0.3, -0.25) is 5.32 Å². The van der Waals surface area contributed by atoms with E-state index < -0.39 is 17.6 Å². The van der Waals surface area contributed by atoms with E-state index in [4.69, 9.17) is 21.7 Å². The number of hydrogen-bond acceptors (Lipinski definition) is 7. The maximum absolute atomic E-state index is 13.8. The van der Waals surface area contributed by atoms with Crippen LogP contribution in [0.4, 0.5) is 4.79 Å². The first-order valence-corrected chi connectivity index (χ1v) is 13.9. The fourth-order valence-electron chi connectivity index (χ4n) is 4.46. The Morgan fingerprint density at radius 2 is 1.75 bits per heavy atom. The van der Waals surface area contributed by atoms with Gasteiger partial charge >= 0.3 is 12.1 Å². The van der Waals surface area contributed by atoms with Gasteiger partial charge in [-0.2, -0.15) is 15.0 Å². The Bertz CT molecular complexity index is 1330. The number of hydrogen-bond donors (Lipinski definition) is 2. The normalized spacial score (nSPS) is 14.8. The molecule has 2 aromatic carbocycles. The number of carbonyl (C=O) groups is 2. The second kappa shape index (κ2) is 12.2. The van der Waals surface area contributed by atoms with E-state index in [-0.39, 0.29) is 23.2 Å². The van der Waals surface area contributed by atoms with Crippen LogP contribution in [-0.2, 0) is 26.4 Å². The minimum absolute atomic E-state index is 0.0422. The minimum Gasteiger partial charge on any atom is -0.461 e. The summed E-state index contributed by atoms with van der Waals surface area (Å²) in [6.07, 6.45) is 3.20. The van der Waals surface area contributed by atoms with Crippen LogP contribution in [0.3, 0.4) is 0 Å². The predicted molar refractivity (Wildman–Crippen MR) is 156 cm³/mol. The van der Waals surface area contributed by atoms with Crippen molar-refractivity contribution >= 4 is 29.4 Å². The lowest BCUT2D eigenvalue weighted by Gasteiger charge is -2.39. The van der Waals surface area contributed by atoms with Crippen LogP contribution in [0.25, 0.3) is 11.3 Å². The van der Waals surface area contributed by atoms with Crippen LogP contribution in [0.15, 0.2) is 60.8 Å². The first-order valence-electron chi connectivity index (χ1n) is 13.5. The molecule has 1 atom stereocenters. The van der Waals surface area contributed by atoms with Crippen molar-refractivity contribution in [2.75, 3.05) is 0 Å². The number of rotatable bonds is 9. The molecule has 9 nitrogen and oxygen atoms in total. The minimum atomic E-state index is -1.38. The third-order valence-electron chi connectivity index (χ3n) is 6.30. The van der Waals surface area contributed by atoms with Crippen LogP contribution < -0.4 is 10.6 Å². The highest BCUT2D eigenvalue weighted by Gasteiger charge is 2.46. The Morgan fingerprint density at radius 1 is 1.07 bits per heavy atom. The standard InChI is InChI=1S/C30H37N5O4S/c1-20(2)39-26(36)30(19-29(3,4)5,33-27(40)32-28(37)38-18-21-9-7-6-8-10-21)23-13-11-22(12-14-23)25-17-31-35(34-25)24-15-16-24/h6-14,17,20,24H,15-16,18-19H2,1-5H3,(H2,32,33,37,40)/t30-/m1/s1. The fraction of sp³-hybridized carbons (Fsp3) is 0.433. The van der Waals surface area contributed by atoms with E-state index in [1.54, 1.807) is 24.8 Å². The van der Waals surface area contributed by atoms with Crippen molar-refractivity contribution in [2.24, 2.45) is 5.41 Å². The summed E-state index contributed by atoms with van der Waals surface area (Å²) in [5.74, 6) is -0.494. The molecule has 10 heteroatoms. The summed E-state index contributed by atoms with van der Waals surface area (Å²) in [4.78, 5) is 28.1. The Hall–Kier alpha value is -3.79. The second-order valence-corrected chi connectivity index (χ2v) is 12.0. The SMILES string of the molecule is CC(C)OC(=O)[C@](CC(C)(C)C)(NC(=S)NC(=O)OCc1ccccc1)c1ccc(-c2cnn(C3CC3)n2)cc1. The van der Waals surface area contributed by atoms with Gasteiger partial charge in [0.05, 0.1) is 18.3 Å². The zero-order valence-electron chi connectivity index (χ0n) is 23.6. The monoisotopic (exact) mass is 563 g/mol. The van der Waals surface area contributed by atoms with E-state index in [0.717, 1.165) is 29.7 Å². The van der Waals surface area contributed by atoms with E-state index in [9.17, 15) is 9.59 Å². The number of carbonyl (C=O) groups excluding carboxylic acids is 2. The molecular formula is C30H37N5O4S. The zero-order valence-corrected chi connectivity index (χ0v) is 24.5. The molecule has 1 fully saturated rings. The van der Waals surface area contributed by atoms with Crippen molar-refractivity contribution < 1.29 is 19.1 Å². The van der Waals surface area contributed by atoms with Crippen LogP contribution in [0.2, 0.25) is 0 Å². The highest BCUT2D eigenvalue weighted by molar-refractivity contribution is 7.80. The molecule has 1 aliphatic rings. The number of amides is 1. The molecule has 212 valence electrons. The summed E-state index contributed by atoms with van der Waals surface area (Å²) in [7, 11) is 0. The van der Waals surface area contributed by atoms with Gasteiger partial charge in [0.25, 0.3) is 0 Å². The second-order valence-electron chi connectivity index (χ2n) is 11.6. The van der Waals surface area contributed by atoms with Gasteiger partial charge in [-0.05, 0) is 61.9 Å². The zero-order chi connectivity index (χ0) is 28.9. The average Bonchev–Trinajstić information content (AvgIpc) is 3.62. The molecule has 1 aliphatic carbocycles. The molecular weight excluding hydrogens is 526 g/mol. The molecule has 0 bridgehead atoms. The summed E-state index contributed by atoms with van der Waals surface area (Å²) in [5.41, 5.74) is 1.43. The lowest BCUT2D eigenvalue weighted by molar-refractivity contribution is -0.157. The van der Waals surface area contributed by atoms with E-state index in [1.807, 2.05) is 75.4 Å². The smallest absolute Gasteiger partial charge is 0.413 e. The molecule has 0 aliphatic heterocycles. The summed E-state index contributed by atoms with van der Waals surface area (Å²) >= 11 is 5.51. The Morgan fingerprint density at radius 3 is 2.35 bits per heavy atom. The van der Waals surface area contributed by atoms with Crippen molar-refractivity contribution in [3.8, 4) is 11.3 Å². The first kappa shape index (κ1) is 29.2. The highest BCUT2D eigenvalue weighted by Crippen LogP contribution is 2.38. The van der Waals surface area contributed by atoms with Crippen LogP contribution in [-0.4, -0.2) is 38.3 Å². The van der Waals surface area contributed by atoms with Gasteiger partial charge in [-0.15, -0.1) is 0 Å². The topological polar surface area (TPSA) is 107 Å². The summed E-state index contributed by atoms with van der Waals surface area (Å²) in [6, 6.07) is 17.3.